The second kappa shape index (κ2) is 5.61. The van der Waals surface area contributed by atoms with Crippen LogP contribution in [0.5, 0.6) is 0 Å². The van der Waals surface area contributed by atoms with Crippen LogP contribution in [0.3, 0.4) is 0 Å². The van der Waals surface area contributed by atoms with Gasteiger partial charge in [-0.05, 0) is 47.2 Å². The Labute approximate surface area is 192 Å². The molecule has 0 unspecified atom stereocenters. The van der Waals surface area contributed by atoms with Crippen LogP contribution in [-0.2, 0) is 0 Å². The Morgan fingerprint density at radius 1 is 0.471 bits per heavy atom. The molecule has 4 nitrogen and oxygen atoms in total. The molecule has 156 valence electrons. The molecule has 0 amide bonds. The standard InChI is InChI=1S/C30H16N4/c1-5-17-7-3-11-25-27(17)23(9-1)31-29-21-13-20-16-34-26-12-4-8-18-6-2-10-24(28(18)26)32-30(34)22(20)14-19(21)15-33(25)29/h1-16H. The molecule has 0 atom stereocenters. The number of nitrogens with zero attached hydrogens (tertiary/aromatic N) is 4. The van der Waals surface area contributed by atoms with E-state index in [1.54, 1.807) is 0 Å². The van der Waals surface area contributed by atoms with E-state index in [2.05, 4.69) is 106 Å². The van der Waals surface area contributed by atoms with Gasteiger partial charge >= 0.3 is 0 Å². The molecule has 0 fully saturated rings. The zero-order chi connectivity index (χ0) is 22.0. The van der Waals surface area contributed by atoms with Gasteiger partial charge in [-0.1, -0.05) is 48.5 Å². The normalized spacial score (nSPS) is 12.7. The van der Waals surface area contributed by atoms with E-state index in [4.69, 9.17) is 9.97 Å². The first-order valence-electron chi connectivity index (χ1n) is 11.5. The maximum Gasteiger partial charge on any atom is 0.145 e. The van der Waals surface area contributed by atoms with Crippen molar-refractivity contribution in [3.8, 4) is 0 Å². The summed E-state index contributed by atoms with van der Waals surface area (Å²) in [5.74, 6) is 0. The van der Waals surface area contributed by atoms with E-state index >= 15 is 0 Å². The van der Waals surface area contributed by atoms with E-state index in [1.165, 1.54) is 43.4 Å². The minimum absolute atomic E-state index is 0.995. The topological polar surface area (TPSA) is 34.6 Å². The molecule has 0 bridgehead atoms. The molecule has 9 rings (SSSR count). The maximum atomic E-state index is 5.10. The summed E-state index contributed by atoms with van der Waals surface area (Å²) < 4.78 is 4.48. The summed E-state index contributed by atoms with van der Waals surface area (Å²) in [7, 11) is 0. The van der Waals surface area contributed by atoms with Gasteiger partial charge in [-0.25, -0.2) is 9.97 Å². The molecule has 0 saturated heterocycles. The van der Waals surface area contributed by atoms with Gasteiger partial charge in [0.25, 0.3) is 0 Å². The summed E-state index contributed by atoms with van der Waals surface area (Å²) in [6.45, 7) is 0. The molecular weight excluding hydrogens is 416 g/mol. The second-order valence-corrected chi connectivity index (χ2v) is 9.20. The van der Waals surface area contributed by atoms with Crippen molar-refractivity contribution in [1.82, 2.24) is 18.8 Å². The fraction of sp³-hybridized carbons (Fsp3) is 0. The number of hydrogen-bond acceptors (Lipinski definition) is 2. The first-order chi connectivity index (χ1) is 16.8. The maximum absolute atomic E-state index is 5.10. The van der Waals surface area contributed by atoms with Gasteiger partial charge in [-0.3, -0.25) is 8.80 Å². The molecule has 9 aromatic rings. The van der Waals surface area contributed by atoms with Gasteiger partial charge in [-0.15, -0.1) is 0 Å². The van der Waals surface area contributed by atoms with E-state index < -0.39 is 0 Å². The highest BCUT2D eigenvalue weighted by atomic mass is 15.0. The first kappa shape index (κ1) is 16.9. The number of aromatic nitrogens is 4. The van der Waals surface area contributed by atoms with Crippen LogP contribution in [0.15, 0.2) is 97.3 Å². The molecule has 0 spiro atoms. The van der Waals surface area contributed by atoms with E-state index in [0.717, 1.165) is 33.1 Å². The lowest BCUT2D eigenvalue weighted by molar-refractivity contribution is 1.22. The van der Waals surface area contributed by atoms with Gasteiger partial charge in [0.1, 0.15) is 11.3 Å². The summed E-state index contributed by atoms with van der Waals surface area (Å²) in [6, 6.07) is 30.2. The first-order valence-corrected chi connectivity index (χ1v) is 11.5. The van der Waals surface area contributed by atoms with Crippen molar-refractivity contribution in [2.24, 2.45) is 0 Å². The molecule has 0 radical (unpaired) electrons. The highest BCUT2D eigenvalue weighted by Gasteiger charge is 2.16. The highest BCUT2D eigenvalue weighted by Crippen LogP contribution is 2.36. The number of fused-ring (bicyclic) bond motifs is 8. The predicted octanol–water partition coefficient (Wildman–Crippen LogP) is 7.34. The Morgan fingerprint density at radius 2 is 0.912 bits per heavy atom. The van der Waals surface area contributed by atoms with E-state index in [9.17, 15) is 0 Å². The molecule has 0 N–H and O–H groups in total. The van der Waals surface area contributed by atoms with Crippen LogP contribution in [0.25, 0.3) is 76.5 Å². The molecular formula is C30H16N4. The number of hydrogen-bond donors (Lipinski definition) is 0. The Morgan fingerprint density at radius 3 is 1.38 bits per heavy atom. The van der Waals surface area contributed by atoms with Crippen LogP contribution < -0.4 is 0 Å². The molecule has 4 heteroatoms. The third-order valence-electron chi connectivity index (χ3n) is 7.39. The van der Waals surface area contributed by atoms with Crippen LogP contribution in [0.4, 0.5) is 0 Å². The molecule has 0 aliphatic heterocycles. The minimum Gasteiger partial charge on any atom is -0.300 e. The average Bonchev–Trinajstić information content (AvgIpc) is 3.41. The summed E-state index contributed by atoms with van der Waals surface area (Å²) >= 11 is 0. The Kier molecular flexibility index (Phi) is 2.78. The third kappa shape index (κ3) is 1.92. The number of benzene rings is 5. The third-order valence-corrected chi connectivity index (χ3v) is 7.39. The Balaban J connectivity index is 1.48. The highest BCUT2D eigenvalue weighted by molar-refractivity contribution is 6.15. The molecule has 5 aromatic carbocycles. The quantitative estimate of drug-likeness (QED) is 0.251. The molecule has 4 heterocycles. The average molecular weight is 432 g/mol. The summed E-state index contributed by atoms with van der Waals surface area (Å²) in [4.78, 5) is 10.2. The lowest BCUT2D eigenvalue weighted by atomic mass is 10.1. The second-order valence-electron chi connectivity index (χ2n) is 9.20. The molecule has 0 aliphatic carbocycles. The monoisotopic (exact) mass is 432 g/mol. The van der Waals surface area contributed by atoms with E-state index in [0.29, 0.717) is 0 Å². The van der Waals surface area contributed by atoms with E-state index in [1.807, 2.05) is 0 Å². The molecule has 34 heavy (non-hydrogen) atoms. The Hall–Kier alpha value is -4.70. The van der Waals surface area contributed by atoms with Crippen molar-refractivity contribution in [2.45, 2.75) is 0 Å². The predicted molar refractivity (Wildman–Crippen MR) is 140 cm³/mol. The zero-order valence-electron chi connectivity index (χ0n) is 18.0. The number of rotatable bonds is 0. The van der Waals surface area contributed by atoms with Gasteiger partial charge < -0.3 is 0 Å². The Bertz CT molecular complexity index is 2110. The largest absolute Gasteiger partial charge is 0.300 e. The van der Waals surface area contributed by atoms with Crippen LogP contribution in [0.2, 0.25) is 0 Å². The minimum atomic E-state index is 0.995. The fourth-order valence-electron chi connectivity index (χ4n) is 5.91. The van der Waals surface area contributed by atoms with Crippen molar-refractivity contribution < 1.29 is 0 Å². The van der Waals surface area contributed by atoms with Gasteiger partial charge in [0.15, 0.2) is 0 Å². The van der Waals surface area contributed by atoms with Crippen LogP contribution in [0, 0.1) is 0 Å². The van der Waals surface area contributed by atoms with Crippen molar-refractivity contribution in [3.63, 3.8) is 0 Å². The zero-order valence-corrected chi connectivity index (χ0v) is 18.0. The fourth-order valence-corrected chi connectivity index (χ4v) is 5.91. The summed E-state index contributed by atoms with van der Waals surface area (Å²) in [6.07, 6.45) is 4.44. The van der Waals surface area contributed by atoms with Crippen molar-refractivity contribution in [1.29, 1.82) is 0 Å². The van der Waals surface area contributed by atoms with Gasteiger partial charge in [-0.2, -0.15) is 0 Å². The van der Waals surface area contributed by atoms with Crippen LogP contribution in [-0.4, -0.2) is 18.8 Å². The van der Waals surface area contributed by atoms with Gasteiger partial charge in [0.2, 0.25) is 0 Å². The van der Waals surface area contributed by atoms with Crippen molar-refractivity contribution in [3.05, 3.63) is 97.3 Å². The lowest BCUT2D eigenvalue weighted by Crippen LogP contribution is -1.92. The van der Waals surface area contributed by atoms with Crippen LogP contribution in [0.1, 0.15) is 0 Å². The molecule has 0 aliphatic rings. The molecule has 4 aromatic heterocycles. The van der Waals surface area contributed by atoms with Crippen molar-refractivity contribution in [2.75, 3.05) is 0 Å². The van der Waals surface area contributed by atoms with E-state index in [-0.39, 0.29) is 0 Å². The van der Waals surface area contributed by atoms with Gasteiger partial charge in [0.05, 0.1) is 22.1 Å². The van der Waals surface area contributed by atoms with Crippen molar-refractivity contribution >= 4 is 76.5 Å². The lowest BCUT2D eigenvalue weighted by Gasteiger charge is -2.07. The summed E-state index contributed by atoms with van der Waals surface area (Å²) in [5.41, 5.74) is 6.44. The van der Waals surface area contributed by atoms with Gasteiger partial charge in [0, 0.05) is 44.7 Å². The van der Waals surface area contributed by atoms with Crippen LogP contribution >= 0.6 is 0 Å². The summed E-state index contributed by atoms with van der Waals surface area (Å²) in [5, 5.41) is 9.55. The smallest absolute Gasteiger partial charge is 0.145 e. The SMILES string of the molecule is c1cc2cccc3c2c(c1)nc1c2cc4cn5c6cccc7cccc(nc5c4cc2cn31)c76. The molecule has 0 saturated carbocycles.